The van der Waals surface area contributed by atoms with E-state index in [1.807, 2.05) is 36.8 Å². The molecule has 0 unspecified atom stereocenters. The minimum atomic E-state index is 0.0266. The summed E-state index contributed by atoms with van der Waals surface area (Å²) in [7, 11) is 3.85. The van der Waals surface area contributed by atoms with Gasteiger partial charge in [0.2, 0.25) is 5.91 Å². The van der Waals surface area contributed by atoms with Gasteiger partial charge in [-0.3, -0.25) is 9.48 Å². The quantitative estimate of drug-likeness (QED) is 0.889. The number of hydrogen-bond donors (Lipinski definition) is 1. The van der Waals surface area contributed by atoms with Gasteiger partial charge in [-0.15, -0.1) is 11.3 Å². The lowest BCUT2D eigenvalue weighted by Crippen LogP contribution is -2.35. The second kappa shape index (κ2) is 6.88. The Morgan fingerprint density at radius 1 is 1.36 bits per heavy atom. The van der Waals surface area contributed by atoms with Crippen LogP contribution in [-0.2, 0) is 18.4 Å². The summed E-state index contributed by atoms with van der Waals surface area (Å²) in [5.41, 5.74) is 3.29. The van der Waals surface area contributed by atoms with Gasteiger partial charge in [-0.2, -0.15) is 5.10 Å². The van der Waals surface area contributed by atoms with E-state index in [0.717, 1.165) is 22.9 Å². The Kier molecular flexibility index (Phi) is 4.97. The molecule has 1 fully saturated rings. The number of nitrogens with zero attached hydrogens (tertiary/aromatic N) is 4. The Morgan fingerprint density at radius 3 is 2.64 bits per heavy atom. The minimum absolute atomic E-state index is 0.0266. The molecule has 1 aliphatic rings. The van der Waals surface area contributed by atoms with E-state index < -0.39 is 0 Å². The molecular formula is C18H27N5OS. The molecule has 0 saturated carbocycles. The number of thiazole rings is 1. The lowest BCUT2D eigenvalue weighted by molar-refractivity contribution is -0.127. The van der Waals surface area contributed by atoms with Crippen molar-refractivity contribution in [3.63, 3.8) is 0 Å². The van der Waals surface area contributed by atoms with E-state index >= 15 is 0 Å². The average molecular weight is 362 g/mol. The number of aromatic nitrogens is 3. The van der Waals surface area contributed by atoms with Crippen LogP contribution in [0, 0.1) is 13.8 Å². The Morgan fingerprint density at radius 2 is 2.08 bits per heavy atom. The van der Waals surface area contributed by atoms with E-state index in [1.165, 1.54) is 10.4 Å². The summed E-state index contributed by atoms with van der Waals surface area (Å²) >= 11 is 1.74. The van der Waals surface area contributed by atoms with Crippen molar-refractivity contribution < 1.29 is 4.79 Å². The molecule has 1 aliphatic heterocycles. The summed E-state index contributed by atoms with van der Waals surface area (Å²) in [5, 5.41) is 9.29. The minimum Gasteiger partial charge on any atom is -0.337 e. The first-order chi connectivity index (χ1) is 11.8. The van der Waals surface area contributed by atoms with Crippen LogP contribution in [0.5, 0.6) is 0 Å². The molecule has 1 amide bonds. The molecular weight excluding hydrogens is 334 g/mol. The number of carbonyl (C=O) groups excluding carboxylic acids is 1. The van der Waals surface area contributed by atoms with Crippen LogP contribution >= 0.6 is 11.3 Å². The molecule has 0 aliphatic carbocycles. The monoisotopic (exact) mass is 361 g/mol. The van der Waals surface area contributed by atoms with Gasteiger partial charge < -0.3 is 10.2 Å². The van der Waals surface area contributed by atoms with Gasteiger partial charge in [-0.1, -0.05) is 13.8 Å². The molecule has 2 atom stereocenters. The van der Waals surface area contributed by atoms with E-state index in [0.29, 0.717) is 12.3 Å². The molecule has 2 aromatic heterocycles. The highest BCUT2D eigenvalue weighted by Crippen LogP contribution is 2.35. The lowest BCUT2D eigenvalue weighted by Gasteiger charge is -2.26. The predicted octanol–water partition coefficient (Wildman–Crippen LogP) is 2.68. The number of likely N-dealkylation sites (tertiary alicyclic amines) is 1. The topological polar surface area (TPSA) is 63.1 Å². The highest BCUT2D eigenvalue weighted by atomic mass is 32.1. The van der Waals surface area contributed by atoms with Crippen LogP contribution in [0.3, 0.4) is 0 Å². The maximum absolute atomic E-state index is 12.4. The fraction of sp³-hybridized carbons (Fsp3) is 0.611. The first-order valence-corrected chi connectivity index (χ1v) is 9.55. The van der Waals surface area contributed by atoms with Gasteiger partial charge in [-0.25, -0.2) is 4.98 Å². The fourth-order valence-corrected chi connectivity index (χ4v) is 4.44. The molecule has 6 nitrogen and oxygen atoms in total. The van der Waals surface area contributed by atoms with Crippen LogP contribution in [0.25, 0.3) is 0 Å². The van der Waals surface area contributed by atoms with Gasteiger partial charge in [0.15, 0.2) is 0 Å². The summed E-state index contributed by atoms with van der Waals surface area (Å²) in [5.74, 6) is 0.628. The number of nitrogens with one attached hydrogen (secondary N) is 1. The van der Waals surface area contributed by atoms with Crippen LogP contribution in [-0.4, -0.2) is 38.7 Å². The Bertz CT molecular complexity index is 779. The van der Waals surface area contributed by atoms with Crippen LogP contribution in [0.15, 0.2) is 6.20 Å². The van der Waals surface area contributed by atoms with Crippen molar-refractivity contribution in [1.29, 1.82) is 0 Å². The van der Waals surface area contributed by atoms with E-state index in [4.69, 9.17) is 0 Å². The summed E-state index contributed by atoms with van der Waals surface area (Å²) in [4.78, 5) is 19.9. The van der Waals surface area contributed by atoms with Gasteiger partial charge >= 0.3 is 0 Å². The molecule has 25 heavy (non-hydrogen) atoms. The summed E-state index contributed by atoms with van der Waals surface area (Å²) in [6, 6.07) is 0.113. The molecule has 0 spiro atoms. The molecule has 0 aromatic carbocycles. The first kappa shape index (κ1) is 18.1. The maximum Gasteiger partial charge on any atom is 0.224 e. The second-order valence-corrected chi connectivity index (χ2v) is 8.32. The molecule has 136 valence electrons. The number of carbonyl (C=O) groups is 1. The van der Waals surface area contributed by atoms with Crippen molar-refractivity contribution in [1.82, 2.24) is 25.0 Å². The third-order valence-electron chi connectivity index (χ3n) is 5.05. The fourth-order valence-electron chi connectivity index (χ4n) is 3.57. The van der Waals surface area contributed by atoms with Gasteiger partial charge in [0, 0.05) is 61.4 Å². The van der Waals surface area contributed by atoms with E-state index in [2.05, 4.69) is 36.2 Å². The molecule has 1 saturated heterocycles. The molecule has 2 aromatic rings. The lowest BCUT2D eigenvalue weighted by atomic mass is 9.98. The summed E-state index contributed by atoms with van der Waals surface area (Å²) in [6.07, 6.45) is 2.47. The van der Waals surface area contributed by atoms with Gasteiger partial charge in [0.05, 0.1) is 16.7 Å². The molecule has 0 bridgehead atoms. The van der Waals surface area contributed by atoms with Gasteiger partial charge in [0.1, 0.15) is 0 Å². The Hall–Kier alpha value is -1.73. The SMILES string of the molecule is Cc1nn(C)c(C)c1[C@H]1[C@H](NCc2cnc(C(C)C)s2)CC(=O)N1C. The van der Waals surface area contributed by atoms with Crippen LogP contribution in [0.2, 0.25) is 0 Å². The zero-order valence-electron chi connectivity index (χ0n) is 15.8. The van der Waals surface area contributed by atoms with Crippen molar-refractivity contribution in [3.8, 4) is 0 Å². The van der Waals surface area contributed by atoms with Crippen molar-refractivity contribution >= 4 is 17.2 Å². The van der Waals surface area contributed by atoms with Crippen molar-refractivity contribution in [3.05, 3.63) is 33.0 Å². The van der Waals surface area contributed by atoms with Gasteiger partial charge in [-0.05, 0) is 13.8 Å². The third kappa shape index (κ3) is 3.35. The van der Waals surface area contributed by atoms with Crippen molar-refractivity contribution in [2.45, 2.75) is 58.7 Å². The number of hydrogen-bond acceptors (Lipinski definition) is 5. The molecule has 7 heteroatoms. The predicted molar refractivity (Wildman–Crippen MR) is 99.6 cm³/mol. The zero-order chi connectivity index (χ0) is 18.3. The molecule has 1 N–H and O–H groups in total. The van der Waals surface area contributed by atoms with E-state index in [1.54, 1.807) is 11.3 Å². The van der Waals surface area contributed by atoms with Crippen molar-refractivity contribution in [2.75, 3.05) is 7.05 Å². The molecule has 3 heterocycles. The Balaban J connectivity index is 1.80. The highest BCUT2D eigenvalue weighted by Gasteiger charge is 2.40. The molecule has 0 radical (unpaired) electrons. The summed E-state index contributed by atoms with van der Waals surface area (Å²) in [6.45, 7) is 9.15. The first-order valence-electron chi connectivity index (χ1n) is 8.73. The normalized spacial score (nSPS) is 20.9. The standard InChI is InChI=1S/C18H27N5OS/c1-10(2)18-20-9-13(25-18)8-19-14-7-15(24)22(5)17(14)16-11(3)21-23(6)12(16)4/h9-10,14,17,19H,7-8H2,1-6H3/t14-,17-/m1/s1. The third-order valence-corrected chi connectivity index (χ3v) is 6.35. The van der Waals surface area contributed by atoms with E-state index in [9.17, 15) is 4.79 Å². The van der Waals surface area contributed by atoms with Crippen LogP contribution in [0.4, 0.5) is 0 Å². The maximum atomic E-state index is 12.4. The second-order valence-electron chi connectivity index (χ2n) is 7.17. The average Bonchev–Trinajstić information content (AvgIpc) is 3.19. The number of amides is 1. The largest absolute Gasteiger partial charge is 0.337 e. The number of rotatable bonds is 5. The van der Waals surface area contributed by atoms with Crippen LogP contribution < -0.4 is 5.32 Å². The van der Waals surface area contributed by atoms with Gasteiger partial charge in [0.25, 0.3) is 0 Å². The number of aryl methyl sites for hydroxylation is 2. The molecule has 3 rings (SSSR count). The number of likely N-dealkylation sites (N-methyl/N-ethyl adjacent to an activating group) is 1. The zero-order valence-corrected chi connectivity index (χ0v) is 16.6. The van der Waals surface area contributed by atoms with Crippen LogP contribution in [0.1, 0.15) is 59.1 Å². The van der Waals surface area contributed by atoms with Crippen molar-refractivity contribution in [2.24, 2.45) is 7.05 Å². The van der Waals surface area contributed by atoms with E-state index in [-0.39, 0.29) is 18.0 Å². The highest BCUT2D eigenvalue weighted by molar-refractivity contribution is 7.11. The smallest absolute Gasteiger partial charge is 0.224 e. The Labute approximate surface area is 153 Å². The summed E-state index contributed by atoms with van der Waals surface area (Å²) < 4.78 is 1.90.